The first-order valence-corrected chi connectivity index (χ1v) is 6.07. The fraction of sp³-hybridized carbons (Fsp3) is 0.692. The Balaban J connectivity index is 2.19. The van der Waals surface area contributed by atoms with Crippen LogP contribution in [0.15, 0.2) is 18.5 Å². The van der Waals surface area contributed by atoms with E-state index in [0.717, 1.165) is 25.6 Å². The highest BCUT2D eigenvalue weighted by molar-refractivity contribution is 5.09. The molecule has 0 fully saturated rings. The Bertz CT molecular complexity index is 263. The van der Waals surface area contributed by atoms with Crippen molar-refractivity contribution in [2.24, 2.45) is 5.92 Å². The van der Waals surface area contributed by atoms with Crippen molar-refractivity contribution in [3.8, 4) is 0 Å². The van der Waals surface area contributed by atoms with Gasteiger partial charge >= 0.3 is 0 Å². The summed E-state index contributed by atoms with van der Waals surface area (Å²) in [6.07, 6.45) is 6.87. The quantitative estimate of drug-likeness (QED) is 0.682. The Morgan fingerprint density at radius 3 is 2.87 bits per heavy atom. The second-order valence-electron chi connectivity index (χ2n) is 4.62. The van der Waals surface area contributed by atoms with Crippen molar-refractivity contribution in [1.29, 1.82) is 0 Å². The number of hydrogen-bond acceptors (Lipinski definition) is 1. The van der Waals surface area contributed by atoms with Crippen molar-refractivity contribution in [2.75, 3.05) is 6.54 Å². The molecule has 2 heteroatoms. The summed E-state index contributed by atoms with van der Waals surface area (Å²) in [4.78, 5) is 0. The molecule has 15 heavy (non-hydrogen) atoms. The third-order valence-electron chi connectivity index (χ3n) is 2.52. The summed E-state index contributed by atoms with van der Waals surface area (Å²) in [6.45, 7) is 9.99. The lowest BCUT2D eigenvalue weighted by Crippen LogP contribution is -2.15. The van der Waals surface area contributed by atoms with Crippen LogP contribution in [0.5, 0.6) is 0 Å². The highest BCUT2D eigenvalue weighted by Crippen LogP contribution is 2.02. The zero-order valence-corrected chi connectivity index (χ0v) is 10.3. The summed E-state index contributed by atoms with van der Waals surface area (Å²) in [5.74, 6) is 0.794. The zero-order chi connectivity index (χ0) is 11.1. The molecule has 1 aromatic rings. The lowest BCUT2D eigenvalue weighted by atomic mass is 10.1. The second kappa shape index (κ2) is 6.67. The molecule has 0 radical (unpaired) electrons. The number of aromatic nitrogens is 1. The van der Waals surface area contributed by atoms with Crippen LogP contribution in [0.2, 0.25) is 0 Å². The van der Waals surface area contributed by atoms with Gasteiger partial charge in [0.25, 0.3) is 0 Å². The SMILES string of the molecule is CCCn1ccc(CNCCC(C)C)c1. The van der Waals surface area contributed by atoms with Gasteiger partial charge in [0.1, 0.15) is 0 Å². The predicted molar refractivity (Wildman–Crippen MR) is 65.9 cm³/mol. The number of nitrogens with zero attached hydrogens (tertiary/aromatic N) is 1. The highest BCUT2D eigenvalue weighted by atomic mass is 14.9. The molecular weight excluding hydrogens is 184 g/mol. The lowest BCUT2D eigenvalue weighted by molar-refractivity contribution is 0.537. The van der Waals surface area contributed by atoms with Gasteiger partial charge in [0.15, 0.2) is 0 Å². The van der Waals surface area contributed by atoms with Crippen LogP contribution in [0.4, 0.5) is 0 Å². The molecule has 0 saturated heterocycles. The van der Waals surface area contributed by atoms with Gasteiger partial charge in [-0.3, -0.25) is 0 Å². The molecule has 0 aliphatic carbocycles. The lowest BCUT2D eigenvalue weighted by Gasteiger charge is -2.05. The van der Waals surface area contributed by atoms with Gasteiger partial charge in [-0.2, -0.15) is 0 Å². The van der Waals surface area contributed by atoms with Crippen LogP contribution >= 0.6 is 0 Å². The van der Waals surface area contributed by atoms with Crippen LogP contribution in [-0.2, 0) is 13.1 Å². The van der Waals surface area contributed by atoms with Crippen molar-refractivity contribution in [1.82, 2.24) is 9.88 Å². The van der Waals surface area contributed by atoms with Gasteiger partial charge in [-0.25, -0.2) is 0 Å². The van der Waals surface area contributed by atoms with Gasteiger partial charge in [0.05, 0.1) is 0 Å². The maximum Gasteiger partial charge on any atom is 0.0220 e. The zero-order valence-electron chi connectivity index (χ0n) is 10.3. The van der Waals surface area contributed by atoms with Crippen LogP contribution < -0.4 is 5.32 Å². The van der Waals surface area contributed by atoms with Crippen molar-refractivity contribution < 1.29 is 0 Å². The predicted octanol–water partition coefficient (Wildman–Crippen LogP) is 3.03. The maximum atomic E-state index is 3.48. The smallest absolute Gasteiger partial charge is 0.0220 e. The van der Waals surface area contributed by atoms with Gasteiger partial charge in [-0.15, -0.1) is 0 Å². The first-order chi connectivity index (χ1) is 7.22. The minimum absolute atomic E-state index is 0.794. The number of aryl methyl sites for hydroxylation is 1. The third kappa shape index (κ3) is 5.03. The van der Waals surface area contributed by atoms with E-state index in [9.17, 15) is 0 Å². The topological polar surface area (TPSA) is 17.0 Å². The summed E-state index contributed by atoms with van der Waals surface area (Å²) in [5.41, 5.74) is 1.40. The molecule has 0 unspecified atom stereocenters. The van der Waals surface area contributed by atoms with E-state index >= 15 is 0 Å². The van der Waals surface area contributed by atoms with Crippen LogP contribution in [0.1, 0.15) is 39.2 Å². The minimum Gasteiger partial charge on any atom is -0.354 e. The van der Waals surface area contributed by atoms with E-state index in [1.165, 1.54) is 18.4 Å². The molecule has 0 amide bonds. The monoisotopic (exact) mass is 208 g/mol. The number of nitrogens with one attached hydrogen (secondary N) is 1. The van der Waals surface area contributed by atoms with Crippen molar-refractivity contribution in [3.63, 3.8) is 0 Å². The molecule has 0 saturated carbocycles. The molecule has 1 N–H and O–H groups in total. The van der Waals surface area contributed by atoms with E-state index in [0.29, 0.717) is 0 Å². The van der Waals surface area contributed by atoms with E-state index in [1.807, 2.05) is 0 Å². The van der Waals surface area contributed by atoms with Gasteiger partial charge < -0.3 is 9.88 Å². The van der Waals surface area contributed by atoms with E-state index in [4.69, 9.17) is 0 Å². The fourth-order valence-electron chi connectivity index (χ4n) is 1.62. The summed E-state index contributed by atoms with van der Waals surface area (Å²) >= 11 is 0. The van der Waals surface area contributed by atoms with Crippen LogP contribution in [-0.4, -0.2) is 11.1 Å². The molecule has 0 atom stereocenters. The van der Waals surface area contributed by atoms with E-state index in [1.54, 1.807) is 0 Å². The van der Waals surface area contributed by atoms with Crippen molar-refractivity contribution >= 4 is 0 Å². The van der Waals surface area contributed by atoms with Crippen LogP contribution in [0, 0.1) is 5.92 Å². The minimum atomic E-state index is 0.794. The molecule has 1 rings (SSSR count). The number of hydrogen-bond donors (Lipinski definition) is 1. The Hall–Kier alpha value is -0.760. The summed E-state index contributed by atoms with van der Waals surface area (Å²) < 4.78 is 2.26. The second-order valence-corrected chi connectivity index (χ2v) is 4.62. The highest BCUT2D eigenvalue weighted by Gasteiger charge is 1.97. The molecule has 1 heterocycles. The molecule has 0 aliphatic heterocycles. The fourth-order valence-corrected chi connectivity index (χ4v) is 1.62. The van der Waals surface area contributed by atoms with Crippen LogP contribution in [0.3, 0.4) is 0 Å². The first kappa shape index (κ1) is 12.3. The average Bonchev–Trinajstić information content (AvgIpc) is 2.61. The van der Waals surface area contributed by atoms with Gasteiger partial charge in [-0.05, 0) is 36.9 Å². The standard InChI is InChI=1S/C13H24N2/c1-4-8-15-9-6-13(11-15)10-14-7-5-12(2)3/h6,9,11-12,14H,4-5,7-8,10H2,1-3H3. The van der Waals surface area contributed by atoms with E-state index in [2.05, 4.69) is 49.1 Å². The number of rotatable bonds is 7. The van der Waals surface area contributed by atoms with Gasteiger partial charge in [0, 0.05) is 25.5 Å². The van der Waals surface area contributed by atoms with Crippen molar-refractivity contribution in [2.45, 2.75) is 46.7 Å². The Labute approximate surface area is 93.7 Å². The van der Waals surface area contributed by atoms with Gasteiger partial charge in [0.2, 0.25) is 0 Å². The molecule has 2 nitrogen and oxygen atoms in total. The average molecular weight is 208 g/mol. The van der Waals surface area contributed by atoms with Gasteiger partial charge in [-0.1, -0.05) is 20.8 Å². The molecule has 0 aromatic carbocycles. The van der Waals surface area contributed by atoms with Crippen LogP contribution in [0.25, 0.3) is 0 Å². The largest absolute Gasteiger partial charge is 0.354 e. The Kier molecular flexibility index (Phi) is 5.48. The molecule has 86 valence electrons. The normalized spacial score (nSPS) is 11.2. The summed E-state index contributed by atoms with van der Waals surface area (Å²) in [5, 5.41) is 3.48. The molecule has 0 aliphatic rings. The molecule has 0 spiro atoms. The van der Waals surface area contributed by atoms with Crippen molar-refractivity contribution in [3.05, 3.63) is 24.0 Å². The molecular formula is C13H24N2. The third-order valence-corrected chi connectivity index (χ3v) is 2.52. The first-order valence-electron chi connectivity index (χ1n) is 6.07. The summed E-state index contributed by atoms with van der Waals surface area (Å²) in [6, 6.07) is 2.21. The Morgan fingerprint density at radius 2 is 2.20 bits per heavy atom. The van der Waals surface area contributed by atoms with E-state index < -0.39 is 0 Å². The maximum absolute atomic E-state index is 3.48. The molecule has 1 aromatic heterocycles. The van der Waals surface area contributed by atoms with E-state index in [-0.39, 0.29) is 0 Å². The molecule has 0 bridgehead atoms. The summed E-state index contributed by atoms with van der Waals surface area (Å²) in [7, 11) is 0. The Morgan fingerprint density at radius 1 is 1.40 bits per heavy atom.